The van der Waals surface area contributed by atoms with Crippen molar-refractivity contribution in [2.45, 2.75) is 58.0 Å². The maximum Gasteiger partial charge on any atom is 0.573 e. The molecule has 0 radical (unpaired) electrons. The Morgan fingerprint density at radius 3 is 2.67 bits per heavy atom. The zero-order valence-electron chi connectivity index (χ0n) is 25.2. The van der Waals surface area contributed by atoms with E-state index in [0.29, 0.717) is 30.3 Å². The minimum absolute atomic E-state index is 0.000112. The zero-order valence-corrected chi connectivity index (χ0v) is 25.2. The lowest BCUT2D eigenvalue weighted by atomic mass is 9.97. The molecule has 2 aliphatic carbocycles. The monoisotopic (exact) mass is 636 g/mol. The van der Waals surface area contributed by atoms with Crippen molar-refractivity contribution in [2.24, 2.45) is 5.92 Å². The lowest BCUT2D eigenvalue weighted by Gasteiger charge is -2.13. The third kappa shape index (κ3) is 7.24. The molecule has 3 heterocycles. The molecule has 0 saturated heterocycles. The van der Waals surface area contributed by atoms with Gasteiger partial charge in [-0.3, -0.25) is 9.48 Å². The standard InChI is InChI=1S/C31H31F3N8O4/c1-44-29-24(16-36-30(37-29)45-2)27-22(19-9-10-19)14-25-23(27)13-20(38-39-25)7-3-4-11-42-17-26(40-41-42)28(43)35-15-18-6-5-8-21(12-18)46-31(32,33)34/h5-6,8,12-13,16-17,19H,3-4,7,9-11,14-15H2,1-2H3,(H,35,43). The molecule has 1 amide bonds. The maximum absolute atomic E-state index is 12.5. The number of carbonyl (C=O) groups excluding carboxylic acids is 1. The van der Waals surface area contributed by atoms with Crippen LogP contribution in [-0.4, -0.2) is 61.6 Å². The van der Waals surface area contributed by atoms with Gasteiger partial charge in [-0.2, -0.15) is 15.2 Å². The lowest BCUT2D eigenvalue weighted by Crippen LogP contribution is -2.23. The Labute approximate surface area is 262 Å². The topological polar surface area (TPSA) is 139 Å². The fourth-order valence-electron chi connectivity index (χ4n) is 5.46. The smallest absolute Gasteiger partial charge is 0.480 e. The van der Waals surface area contributed by atoms with Gasteiger partial charge in [-0.1, -0.05) is 22.9 Å². The van der Waals surface area contributed by atoms with Gasteiger partial charge in [0.15, 0.2) is 5.69 Å². The number of methoxy groups -OCH3 is 2. The van der Waals surface area contributed by atoms with E-state index >= 15 is 0 Å². The molecular weight excluding hydrogens is 605 g/mol. The molecule has 0 unspecified atom stereocenters. The number of fused-ring (bicyclic) bond motifs is 1. The van der Waals surface area contributed by atoms with Crippen LogP contribution in [0.15, 0.2) is 48.3 Å². The number of rotatable bonds is 13. The number of benzene rings is 1. The van der Waals surface area contributed by atoms with E-state index < -0.39 is 12.3 Å². The van der Waals surface area contributed by atoms with E-state index in [1.54, 1.807) is 24.1 Å². The summed E-state index contributed by atoms with van der Waals surface area (Å²) in [7, 11) is 3.10. The number of carbonyl (C=O) groups is 1. The number of halogens is 3. The number of ether oxygens (including phenoxy) is 3. The van der Waals surface area contributed by atoms with E-state index in [4.69, 9.17) is 9.47 Å². The van der Waals surface area contributed by atoms with Gasteiger partial charge in [0.2, 0.25) is 5.88 Å². The van der Waals surface area contributed by atoms with Crippen LogP contribution < -0.4 is 19.5 Å². The van der Waals surface area contributed by atoms with E-state index in [-0.39, 0.29) is 24.0 Å². The molecule has 1 fully saturated rings. The largest absolute Gasteiger partial charge is 0.573 e. The molecule has 12 nitrogen and oxygen atoms in total. The number of aromatic nitrogens is 7. The number of alkyl halides is 3. The van der Waals surface area contributed by atoms with Gasteiger partial charge < -0.3 is 19.5 Å². The van der Waals surface area contributed by atoms with Gasteiger partial charge in [0.1, 0.15) is 5.75 Å². The van der Waals surface area contributed by atoms with Gasteiger partial charge in [-0.25, -0.2) is 4.98 Å². The normalized spacial score (nSPS) is 14.3. The van der Waals surface area contributed by atoms with Crippen molar-refractivity contribution in [3.8, 4) is 17.6 Å². The molecule has 1 N–H and O–H groups in total. The number of nitrogens with zero attached hydrogens (tertiary/aromatic N) is 7. The van der Waals surface area contributed by atoms with Gasteiger partial charge in [-0.05, 0) is 67.4 Å². The Kier molecular flexibility index (Phi) is 8.81. The fraction of sp³-hybridized carbons (Fsp3) is 0.387. The number of nitrogens with one attached hydrogen (secondary N) is 1. The summed E-state index contributed by atoms with van der Waals surface area (Å²) in [5.41, 5.74) is 6.60. The Bertz CT molecular complexity index is 1770. The molecule has 4 aromatic rings. The second kappa shape index (κ2) is 13.1. The van der Waals surface area contributed by atoms with Crippen molar-refractivity contribution < 1.29 is 32.2 Å². The maximum atomic E-state index is 12.5. The highest BCUT2D eigenvalue weighted by Crippen LogP contribution is 2.49. The minimum Gasteiger partial charge on any atom is -0.480 e. The van der Waals surface area contributed by atoms with Crippen molar-refractivity contribution in [1.82, 2.24) is 40.5 Å². The van der Waals surface area contributed by atoms with Crippen LogP contribution in [0.2, 0.25) is 0 Å². The number of hydrogen-bond donors (Lipinski definition) is 1. The van der Waals surface area contributed by atoms with Crippen molar-refractivity contribution in [2.75, 3.05) is 14.2 Å². The summed E-state index contributed by atoms with van der Waals surface area (Å²) < 4.78 is 53.8. The van der Waals surface area contributed by atoms with Crippen LogP contribution in [0.1, 0.15) is 64.2 Å². The van der Waals surface area contributed by atoms with E-state index in [0.717, 1.165) is 60.2 Å². The highest BCUT2D eigenvalue weighted by atomic mass is 19.4. The van der Waals surface area contributed by atoms with Crippen molar-refractivity contribution >= 4 is 11.5 Å². The molecule has 0 atom stereocenters. The summed E-state index contributed by atoms with van der Waals surface area (Å²) in [6.07, 6.45) is 3.78. The molecule has 0 bridgehead atoms. The predicted octanol–water partition coefficient (Wildman–Crippen LogP) is 4.49. The second-order valence-corrected chi connectivity index (χ2v) is 11.0. The van der Waals surface area contributed by atoms with E-state index in [9.17, 15) is 18.0 Å². The molecular formula is C31H31F3N8O4. The fourth-order valence-corrected chi connectivity index (χ4v) is 5.46. The molecule has 240 valence electrons. The molecule has 0 aliphatic heterocycles. The summed E-state index contributed by atoms with van der Waals surface area (Å²) in [5.74, 6) is 0.119. The quantitative estimate of drug-likeness (QED) is 0.209. The summed E-state index contributed by atoms with van der Waals surface area (Å²) in [5, 5.41) is 19.7. The van der Waals surface area contributed by atoms with E-state index in [1.165, 1.54) is 37.1 Å². The minimum atomic E-state index is -4.79. The number of unbranched alkanes of at least 4 members (excludes halogenated alkanes) is 1. The molecule has 1 saturated carbocycles. The Balaban J connectivity index is 1.04. The number of hydrogen-bond acceptors (Lipinski definition) is 10. The first-order valence-corrected chi connectivity index (χ1v) is 14.8. The van der Waals surface area contributed by atoms with Gasteiger partial charge in [0.25, 0.3) is 5.91 Å². The summed E-state index contributed by atoms with van der Waals surface area (Å²) in [6, 6.07) is 7.74. The number of amides is 1. The number of allylic oxidation sites excluding steroid dienone is 1. The Morgan fingerprint density at radius 1 is 1.07 bits per heavy atom. The second-order valence-electron chi connectivity index (χ2n) is 11.0. The van der Waals surface area contributed by atoms with Gasteiger partial charge in [-0.15, -0.1) is 18.3 Å². The van der Waals surface area contributed by atoms with Crippen LogP contribution in [0.25, 0.3) is 5.57 Å². The lowest BCUT2D eigenvalue weighted by molar-refractivity contribution is -0.274. The van der Waals surface area contributed by atoms with Gasteiger partial charge in [0.05, 0.1) is 37.4 Å². The first-order valence-electron chi connectivity index (χ1n) is 14.8. The SMILES string of the molecule is COc1ncc(C2=C(C3CC3)Cc3nnc(CCCCn4cc(C(=O)NCc5cccc(OC(F)(F)F)c5)nn4)cc32)c(OC)n1. The molecule has 46 heavy (non-hydrogen) atoms. The Hall–Kier alpha value is -5.08. The van der Waals surface area contributed by atoms with Crippen LogP contribution in [0, 0.1) is 5.92 Å². The summed E-state index contributed by atoms with van der Waals surface area (Å²) in [4.78, 5) is 21.3. The van der Waals surface area contributed by atoms with Crippen LogP contribution >= 0.6 is 0 Å². The van der Waals surface area contributed by atoms with Crippen LogP contribution in [0.4, 0.5) is 13.2 Å². The van der Waals surface area contributed by atoms with Crippen molar-refractivity contribution in [3.05, 3.63) is 82.1 Å². The van der Waals surface area contributed by atoms with Gasteiger partial charge >= 0.3 is 12.4 Å². The average Bonchev–Trinajstić information content (AvgIpc) is 3.66. The molecule has 2 aliphatic rings. The highest BCUT2D eigenvalue weighted by Gasteiger charge is 2.36. The third-order valence-corrected chi connectivity index (χ3v) is 7.74. The van der Waals surface area contributed by atoms with Crippen LogP contribution in [-0.2, 0) is 25.9 Å². The highest BCUT2D eigenvalue weighted by molar-refractivity contribution is 5.91. The molecule has 15 heteroatoms. The molecule has 6 rings (SSSR count). The van der Waals surface area contributed by atoms with Gasteiger partial charge in [0, 0.05) is 31.3 Å². The van der Waals surface area contributed by atoms with Crippen molar-refractivity contribution in [3.63, 3.8) is 0 Å². The van der Waals surface area contributed by atoms with Crippen LogP contribution in [0.3, 0.4) is 0 Å². The first kappa shape index (κ1) is 30.9. The summed E-state index contributed by atoms with van der Waals surface area (Å²) >= 11 is 0. The molecule has 0 spiro atoms. The Morgan fingerprint density at radius 2 is 1.91 bits per heavy atom. The third-order valence-electron chi connectivity index (χ3n) is 7.74. The summed E-state index contributed by atoms with van der Waals surface area (Å²) in [6.45, 7) is 0.534. The average molecular weight is 637 g/mol. The number of aryl methyl sites for hydroxylation is 2. The van der Waals surface area contributed by atoms with E-state index in [1.807, 2.05) is 0 Å². The first-order chi connectivity index (χ1) is 22.2. The molecule has 1 aromatic carbocycles. The molecule has 3 aromatic heterocycles. The van der Waals surface area contributed by atoms with Crippen molar-refractivity contribution in [1.29, 1.82) is 0 Å². The van der Waals surface area contributed by atoms with E-state index in [2.05, 4.69) is 46.6 Å². The zero-order chi connectivity index (χ0) is 32.3. The predicted molar refractivity (Wildman–Crippen MR) is 157 cm³/mol. The van der Waals surface area contributed by atoms with Crippen LogP contribution in [0.5, 0.6) is 17.6 Å².